The second kappa shape index (κ2) is 5.70. The largest absolute Gasteiger partial charge is 0.324 e. The van der Waals surface area contributed by atoms with Crippen LogP contribution in [0.1, 0.15) is 18.5 Å². The minimum Gasteiger partial charge on any atom is -0.324 e. The number of hydrogen-bond donors (Lipinski definition) is 1. The highest BCUT2D eigenvalue weighted by atomic mass is 32.2. The number of nitrogens with zero attached hydrogens (tertiary/aromatic N) is 1. The molecule has 0 aliphatic carbocycles. The Hall–Kier alpha value is -0.760. The smallest absolute Gasteiger partial charge is 0.243 e. The molecule has 7 heteroatoms. The zero-order chi connectivity index (χ0) is 14.0. The molecule has 1 aliphatic rings. The molecular formula is C12H18N2O3S2. The fourth-order valence-corrected chi connectivity index (χ4v) is 4.75. The standard InChI is InChI=1S/C12H18N2O3S2/c1-10(13)11-3-2-4-12(9-11)19(16,17)14-5-7-18(15)8-6-14/h2-4,9-10H,5-8,13H2,1H3. The lowest BCUT2D eigenvalue weighted by atomic mass is 10.1. The molecule has 2 rings (SSSR count). The van der Waals surface area contributed by atoms with Gasteiger partial charge < -0.3 is 5.73 Å². The topological polar surface area (TPSA) is 80.5 Å². The van der Waals surface area contributed by atoms with Crippen molar-refractivity contribution in [2.24, 2.45) is 5.73 Å². The summed E-state index contributed by atoms with van der Waals surface area (Å²) in [4.78, 5) is 0.259. The third kappa shape index (κ3) is 3.22. The van der Waals surface area contributed by atoms with Crippen LogP contribution in [0.5, 0.6) is 0 Å². The van der Waals surface area contributed by atoms with Crippen LogP contribution in [0.2, 0.25) is 0 Å². The van der Waals surface area contributed by atoms with E-state index in [1.807, 2.05) is 13.0 Å². The molecule has 0 spiro atoms. The zero-order valence-corrected chi connectivity index (χ0v) is 12.4. The first-order valence-corrected chi connectivity index (χ1v) is 9.05. The molecule has 0 aromatic heterocycles. The molecule has 1 aromatic carbocycles. The van der Waals surface area contributed by atoms with E-state index >= 15 is 0 Å². The van der Waals surface area contributed by atoms with Gasteiger partial charge in [-0.15, -0.1) is 0 Å². The van der Waals surface area contributed by atoms with Crippen LogP contribution in [0.4, 0.5) is 0 Å². The lowest BCUT2D eigenvalue weighted by molar-refractivity contribution is 0.438. The van der Waals surface area contributed by atoms with E-state index in [0.717, 1.165) is 5.56 Å². The Morgan fingerprint density at radius 3 is 2.53 bits per heavy atom. The van der Waals surface area contributed by atoms with Crippen LogP contribution in [-0.2, 0) is 20.8 Å². The van der Waals surface area contributed by atoms with Gasteiger partial charge in [0.15, 0.2) is 0 Å². The van der Waals surface area contributed by atoms with Crippen LogP contribution in [0, 0.1) is 0 Å². The number of hydrogen-bond acceptors (Lipinski definition) is 4. The fraction of sp³-hybridized carbons (Fsp3) is 0.500. The summed E-state index contributed by atoms with van der Waals surface area (Å²) in [6, 6.07) is 6.50. The van der Waals surface area contributed by atoms with E-state index in [9.17, 15) is 12.6 Å². The number of sulfonamides is 1. The Labute approximate surface area is 116 Å². The number of rotatable bonds is 3. The predicted octanol–water partition coefficient (Wildman–Crippen LogP) is 0.459. The van der Waals surface area contributed by atoms with Crippen LogP contribution in [-0.4, -0.2) is 41.5 Å². The average molecular weight is 302 g/mol. The van der Waals surface area contributed by atoms with E-state index in [2.05, 4.69) is 0 Å². The van der Waals surface area contributed by atoms with Gasteiger partial charge in [0.25, 0.3) is 0 Å². The number of benzene rings is 1. The van der Waals surface area contributed by atoms with Crippen LogP contribution in [0.3, 0.4) is 0 Å². The van der Waals surface area contributed by atoms with E-state index in [1.165, 1.54) is 4.31 Å². The third-order valence-electron chi connectivity index (χ3n) is 3.16. The molecule has 19 heavy (non-hydrogen) atoms. The highest BCUT2D eigenvalue weighted by Gasteiger charge is 2.28. The molecule has 1 saturated heterocycles. The van der Waals surface area contributed by atoms with Gasteiger partial charge in [-0.1, -0.05) is 12.1 Å². The van der Waals surface area contributed by atoms with Crippen LogP contribution in [0.15, 0.2) is 29.2 Å². The van der Waals surface area contributed by atoms with E-state index in [4.69, 9.17) is 5.73 Å². The van der Waals surface area contributed by atoms with Crippen molar-refractivity contribution in [2.45, 2.75) is 17.9 Å². The van der Waals surface area contributed by atoms with Crippen LogP contribution in [0.25, 0.3) is 0 Å². The van der Waals surface area contributed by atoms with Gasteiger partial charge in [0.05, 0.1) is 4.90 Å². The van der Waals surface area contributed by atoms with Gasteiger partial charge in [-0.05, 0) is 24.6 Å². The summed E-state index contributed by atoms with van der Waals surface area (Å²) >= 11 is 0. The summed E-state index contributed by atoms with van der Waals surface area (Å²) in [5.41, 5.74) is 6.57. The first-order chi connectivity index (χ1) is 8.91. The van der Waals surface area contributed by atoms with Crippen molar-refractivity contribution in [3.8, 4) is 0 Å². The number of nitrogens with two attached hydrogens (primary N) is 1. The normalized spacial score (nSPS) is 20.3. The average Bonchev–Trinajstić information content (AvgIpc) is 2.39. The highest BCUT2D eigenvalue weighted by molar-refractivity contribution is 7.89. The Balaban J connectivity index is 2.29. The van der Waals surface area contributed by atoms with E-state index < -0.39 is 20.8 Å². The van der Waals surface area contributed by atoms with E-state index in [1.54, 1.807) is 18.2 Å². The van der Waals surface area contributed by atoms with Gasteiger partial charge in [0.2, 0.25) is 10.0 Å². The van der Waals surface area contributed by atoms with E-state index in [-0.39, 0.29) is 10.9 Å². The quantitative estimate of drug-likeness (QED) is 0.879. The SMILES string of the molecule is CC(N)c1cccc(S(=O)(=O)N2CCS(=O)CC2)c1. The van der Waals surface area contributed by atoms with Gasteiger partial charge in [-0.3, -0.25) is 4.21 Å². The van der Waals surface area contributed by atoms with Crippen molar-refractivity contribution in [3.63, 3.8) is 0 Å². The molecule has 1 heterocycles. The molecule has 1 atom stereocenters. The fourth-order valence-electron chi connectivity index (χ4n) is 1.97. The first-order valence-electron chi connectivity index (χ1n) is 6.12. The lowest BCUT2D eigenvalue weighted by Gasteiger charge is -2.25. The molecule has 2 N–H and O–H groups in total. The van der Waals surface area contributed by atoms with Gasteiger partial charge in [0, 0.05) is 41.4 Å². The van der Waals surface area contributed by atoms with Crippen molar-refractivity contribution in [1.29, 1.82) is 0 Å². The lowest BCUT2D eigenvalue weighted by Crippen LogP contribution is -2.41. The second-order valence-electron chi connectivity index (χ2n) is 4.61. The zero-order valence-electron chi connectivity index (χ0n) is 10.8. The van der Waals surface area contributed by atoms with Gasteiger partial charge in [0.1, 0.15) is 0 Å². The molecule has 0 radical (unpaired) electrons. The summed E-state index contributed by atoms with van der Waals surface area (Å²) in [6.07, 6.45) is 0. The van der Waals surface area contributed by atoms with Gasteiger partial charge >= 0.3 is 0 Å². The maximum Gasteiger partial charge on any atom is 0.243 e. The minimum absolute atomic E-state index is 0.205. The molecule has 1 aliphatic heterocycles. The molecule has 5 nitrogen and oxygen atoms in total. The summed E-state index contributed by atoms with van der Waals surface area (Å²) in [7, 11) is -4.39. The van der Waals surface area contributed by atoms with Crippen LogP contribution >= 0.6 is 0 Å². The van der Waals surface area contributed by atoms with Crippen molar-refractivity contribution in [3.05, 3.63) is 29.8 Å². The molecule has 0 saturated carbocycles. The predicted molar refractivity (Wildman–Crippen MR) is 75.7 cm³/mol. The third-order valence-corrected chi connectivity index (χ3v) is 6.33. The molecule has 106 valence electrons. The molecular weight excluding hydrogens is 284 g/mol. The Kier molecular flexibility index (Phi) is 4.39. The van der Waals surface area contributed by atoms with Crippen molar-refractivity contribution in [2.75, 3.05) is 24.6 Å². The highest BCUT2D eigenvalue weighted by Crippen LogP contribution is 2.20. The molecule has 1 fully saturated rings. The van der Waals surface area contributed by atoms with Gasteiger partial charge in [-0.2, -0.15) is 4.31 Å². The Morgan fingerprint density at radius 1 is 1.32 bits per heavy atom. The summed E-state index contributed by atoms with van der Waals surface area (Å²) in [5.74, 6) is 0.818. The maximum absolute atomic E-state index is 12.5. The first kappa shape index (κ1) is 14.6. The van der Waals surface area contributed by atoms with Crippen molar-refractivity contribution < 1.29 is 12.6 Å². The summed E-state index contributed by atoms with van der Waals surface area (Å²) in [6.45, 7) is 2.45. The van der Waals surface area contributed by atoms with Gasteiger partial charge in [-0.25, -0.2) is 8.42 Å². The second-order valence-corrected chi connectivity index (χ2v) is 8.25. The van der Waals surface area contributed by atoms with Crippen LogP contribution < -0.4 is 5.73 Å². The minimum atomic E-state index is -3.50. The molecule has 0 amide bonds. The monoisotopic (exact) mass is 302 g/mol. The van der Waals surface area contributed by atoms with E-state index in [0.29, 0.717) is 24.6 Å². The maximum atomic E-state index is 12.5. The molecule has 1 unspecified atom stereocenters. The Morgan fingerprint density at radius 2 is 1.95 bits per heavy atom. The Bertz CT molecular complexity index is 574. The van der Waals surface area contributed by atoms with Crippen molar-refractivity contribution in [1.82, 2.24) is 4.31 Å². The molecule has 0 bridgehead atoms. The summed E-state index contributed by atoms with van der Waals surface area (Å²) < 4.78 is 37.6. The summed E-state index contributed by atoms with van der Waals surface area (Å²) in [5, 5.41) is 0. The van der Waals surface area contributed by atoms with Crippen molar-refractivity contribution >= 4 is 20.8 Å². The molecule has 1 aromatic rings.